The van der Waals surface area contributed by atoms with Crippen molar-refractivity contribution in [1.29, 1.82) is 0 Å². The van der Waals surface area contributed by atoms with E-state index in [2.05, 4.69) is 80.6 Å². The van der Waals surface area contributed by atoms with Gasteiger partial charge in [-0.25, -0.2) is 0 Å². The van der Waals surface area contributed by atoms with E-state index < -0.39 is 5.60 Å². The van der Waals surface area contributed by atoms with Crippen LogP contribution >= 0.6 is 0 Å². The van der Waals surface area contributed by atoms with Gasteiger partial charge >= 0.3 is 5.97 Å². The monoisotopic (exact) mass is 468 g/mol. The maximum Gasteiger partial charge on any atom is 0.308 e. The van der Waals surface area contributed by atoms with Gasteiger partial charge in [0.2, 0.25) is 0 Å². The zero-order valence-electron chi connectivity index (χ0n) is 21.3. The summed E-state index contributed by atoms with van der Waals surface area (Å²) in [5.41, 5.74) is 0.780. The quantitative estimate of drug-likeness (QED) is 0.211. The van der Waals surface area contributed by atoms with Crippen molar-refractivity contribution in [3.8, 4) is 0 Å². The molecule has 182 valence electrons. The first-order chi connectivity index (χ1) is 16.9. The summed E-state index contributed by atoms with van der Waals surface area (Å²) in [7, 11) is 0. The molecular formula is C32H36O3. The highest BCUT2D eigenvalue weighted by molar-refractivity contribution is 6.25. The summed E-state index contributed by atoms with van der Waals surface area (Å²) in [6, 6.07) is 24.2. The second kappa shape index (κ2) is 9.62. The second-order valence-electron chi connectivity index (χ2n) is 10.6. The Balaban J connectivity index is 1.38. The van der Waals surface area contributed by atoms with Crippen molar-refractivity contribution >= 4 is 38.3 Å². The summed E-state index contributed by atoms with van der Waals surface area (Å²) in [5, 5.41) is 7.71. The SMILES string of the molecule is CCC(C)C(=O)OC1CCC(OC(C)(C)c2ccc3c4ccccc4c4ccccc4c3c2)CC1. The number of carbonyl (C=O) groups excluding carboxylic acids is 1. The van der Waals surface area contributed by atoms with E-state index in [9.17, 15) is 4.79 Å². The van der Waals surface area contributed by atoms with Crippen molar-refractivity contribution in [2.24, 2.45) is 5.92 Å². The molecule has 1 unspecified atom stereocenters. The van der Waals surface area contributed by atoms with Gasteiger partial charge in [0.25, 0.3) is 0 Å². The molecule has 0 aliphatic heterocycles. The molecule has 1 fully saturated rings. The van der Waals surface area contributed by atoms with Gasteiger partial charge in [-0.15, -0.1) is 0 Å². The van der Waals surface area contributed by atoms with Crippen LogP contribution in [-0.4, -0.2) is 18.2 Å². The molecule has 0 saturated heterocycles. The highest BCUT2D eigenvalue weighted by Gasteiger charge is 2.31. The van der Waals surface area contributed by atoms with Gasteiger partial charge in [-0.05, 0) is 89.9 Å². The predicted molar refractivity (Wildman–Crippen MR) is 145 cm³/mol. The minimum Gasteiger partial charge on any atom is -0.462 e. The van der Waals surface area contributed by atoms with Gasteiger partial charge in [-0.2, -0.15) is 0 Å². The van der Waals surface area contributed by atoms with Gasteiger partial charge in [0, 0.05) is 0 Å². The maximum absolute atomic E-state index is 12.2. The van der Waals surface area contributed by atoms with Gasteiger partial charge in [0.05, 0.1) is 17.6 Å². The molecule has 1 atom stereocenters. The van der Waals surface area contributed by atoms with Crippen molar-refractivity contribution in [1.82, 2.24) is 0 Å². The molecule has 4 aromatic carbocycles. The highest BCUT2D eigenvalue weighted by Crippen LogP contribution is 2.39. The lowest BCUT2D eigenvalue weighted by Crippen LogP contribution is -2.34. The first-order valence-corrected chi connectivity index (χ1v) is 13.1. The Kier molecular flexibility index (Phi) is 6.55. The normalized spacial score (nSPS) is 19.8. The summed E-state index contributed by atoms with van der Waals surface area (Å²) in [5.74, 6) is -0.0860. The van der Waals surface area contributed by atoms with Crippen LogP contribution in [0, 0.1) is 5.92 Å². The molecule has 1 aliphatic carbocycles. The predicted octanol–water partition coefficient (Wildman–Crippen LogP) is 8.30. The van der Waals surface area contributed by atoms with Gasteiger partial charge in [0.1, 0.15) is 6.10 Å². The molecule has 4 aromatic rings. The number of hydrogen-bond donors (Lipinski definition) is 0. The topological polar surface area (TPSA) is 35.5 Å². The van der Waals surface area contributed by atoms with Gasteiger partial charge in [-0.1, -0.05) is 74.5 Å². The third kappa shape index (κ3) is 4.67. The number of carbonyl (C=O) groups is 1. The molecule has 0 bridgehead atoms. The molecule has 1 aliphatic rings. The fourth-order valence-electron chi connectivity index (χ4n) is 5.48. The van der Waals surface area contributed by atoms with E-state index in [1.165, 1.54) is 37.9 Å². The Morgan fingerprint density at radius 3 is 1.83 bits per heavy atom. The summed E-state index contributed by atoms with van der Waals surface area (Å²) in [4.78, 5) is 12.2. The minimum absolute atomic E-state index is 0.0241. The molecule has 0 heterocycles. The Labute approximate surface area is 208 Å². The first-order valence-electron chi connectivity index (χ1n) is 13.1. The van der Waals surface area contributed by atoms with Crippen LogP contribution in [-0.2, 0) is 19.9 Å². The van der Waals surface area contributed by atoms with Crippen molar-refractivity contribution in [2.45, 2.75) is 77.6 Å². The molecular weight excluding hydrogens is 432 g/mol. The van der Waals surface area contributed by atoms with E-state index in [4.69, 9.17) is 9.47 Å². The van der Waals surface area contributed by atoms with Crippen LogP contribution in [0.3, 0.4) is 0 Å². The van der Waals surface area contributed by atoms with Gasteiger partial charge in [0.15, 0.2) is 0 Å². The average Bonchev–Trinajstić information content (AvgIpc) is 2.89. The number of hydrogen-bond acceptors (Lipinski definition) is 3. The van der Waals surface area contributed by atoms with E-state index in [0.717, 1.165) is 32.1 Å². The number of ether oxygens (including phenoxy) is 2. The van der Waals surface area contributed by atoms with E-state index >= 15 is 0 Å². The standard InChI is InChI=1S/C32H36O3/c1-5-21(2)31(33)34-23-15-17-24(18-16-23)35-32(3,4)22-14-19-29-27-12-7-6-10-25(27)26-11-8-9-13-28(26)30(29)20-22/h6-14,19-21,23-24H,5,15-18H2,1-4H3. The summed E-state index contributed by atoms with van der Waals surface area (Å²) in [6.07, 6.45) is 4.61. The van der Waals surface area contributed by atoms with Gasteiger partial charge < -0.3 is 9.47 Å². The van der Waals surface area contributed by atoms with Crippen LogP contribution < -0.4 is 0 Å². The second-order valence-corrected chi connectivity index (χ2v) is 10.6. The zero-order chi connectivity index (χ0) is 24.6. The van der Waals surface area contributed by atoms with Gasteiger partial charge in [-0.3, -0.25) is 4.79 Å². The van der Waals surface area contributed by atoms with Crippen LogP contribution in [0.25, 0.3) is 32.3 Å². The van der Waals surface area contributed by atoms with Crippen molar-refractivity contribution in [3.05, 3.63) is 72.3 Å². The van der Waals surface area contributed by atoms with Crippen LogP contribution in [0.2, 0.25) is 0 Å². The molecule has 0 radical (unpaired) electrons. The number of fused-ring (bicyclic) bond motifs is 6. The maximum atomic E-state index is 12.2. The van der Waals surface area contributed by atoms with Crippen molar-refractivity contribution in [2.75, 3.05) is 0 Å². The average molecular weight is 469 g/mol. The Morgan fingerprint density at radius 2 is 1.29 bits per heavy atom. The molecule has 3 nitrogen and oxygen atoms in total. The van der Waals surface area contributed by atoms with Crippen molar-refractivity contribution in [3.63, 3.8) is 0 Å². The molecule has 0 N–H and O–H groups in total. The lowest BCUT2D eigenvalue weighted by Gasteiger charge is -2.35. The Morgan fingerprint density at radius 1 is 0.800 bits per heavy atom. The fraction of sp³-hybridized carbons (Fsp3) is 0.406. The number of esters is 1. The van der Waals surface area contributed by atoms with Crippen LogP contribution in [0.4, 0.5) is 0 Å². The largest absolute Gasteiger partial charge is 0.462 e. The van der Waals surface area contributed by atoms with Crippen LogP contribution in [0.1, 0.15) is 65.4 Å². The van der Waals surface area contributed by atoms with E-state index in [1.54, 1.807) is 0 Å². The highest BCUT2D eigenvalue weighted by atomic mass is 16.5. The Hall–Kier alpha value is -2.91. The van der Waals surface area contributed by atoms with E-state index in [1.807, 2.05) is 13.8 Å². The molecule has 0 aromatic heterocycles. The molecule has 0 amide bonds. The minimum atomic E-state index is -0.411. The lowest BCUT2D eigenvalue weighted by molar-refractivity contribution is -0.159. The fourth-order valence-corrected chi connectivity index (χ4v) is 5.48. The number of benzene rings is 4. The summed E-state index contributed by atoms with van der Waals surface area (Å²) >= 11 is 0. The molecule has 3 heteroatoms. The van der Waals surface area contributed by atoms with Crippen LogP contribution in [0.5, 0.6) is 0 Å². The summed E-state index contributed by atoms with van der Waals surface area (Å²) < 4.78 is 12.4. The third-order valence-corrected chi connectivity index (χ3v) is 7.82. The third-order valence-electron chi connectivity index (χ3n) is 7.82. The van der Waals surface area contributed by atoms with Crippen molar-refractivity contribution < 1.29 is 14.3 Å². The smallest absolute Gasteiger partial charge is 0.308 e. The first kappa shape index (κ1) is 23.8. The van der Waals surface area contributed by atoms with E-state index in [0.29, 0.717) is 0 Å². The lowest BCUT2D eigenvalue weighted by atomic mass is 9.89. The Bertz CT molecular complexity index is 1330. The number of rotatable bonds is 6. The molecule has 1 saturated carbocycles. The summed E-state index contributed by atoms with van der Waals surface area (Å²) in [6.45, 7) is 8.31. The molecule has 35 heavy (non-hydrogen) atoms. The molecule has 0 spiro atoms. The molecule has 5 rings (SSSR count). The van der Waals surface area contributed by atoms with E-state index in [-0.39, 0.29) is 24.1 Å². The van der Waals surface area contributed by atoms with Crippen LogP contribution in [0.15, 0.2) is 66.7 Å². The zero-order valence-corrected chi connectivity index (χ0v) is 21.3.